The molecular weight excluding hydrogens is 153 g/mol. The van der Waals surface area contributed by atoms with Gasteiger partial charge >= 0.3 is 0 Å². The van der Waals surface area contributed by atoms with Gasteiger partial charge in [0.05, 0.1) is 6.67 Å². The Hall–Kier alpha value is -0.110. The molecule has 1 fully saturated rings. The van der Waals surface area contributed by atoms with Gasteiger partial charge in [0.15, 0.2) is 0 Å². The molecule has 0 aromatic carbocycles. The average molecular weight is 173 g/mol. The standard InChI is InChI=1S/C10H20FN/c1-10(9-11)5-2-3-7-12-8-4-6-10/h12H,2-9H2,1H3. The quantitative estimate of drug-likeness (QED) is 0.642. The van der Waals surface area contributed by atoms with Crippen LogP contribution in [-0.2, 0) is 0 Å². The van der Waals surface area contributed by atoms with Crippen molar-refractivity contribution < 1.29 is 4.39 Å². The van der Waals surface area contributed by atoms with Crippen LogP contribution in [0.25, 0.3) is 0 Å². The third kappa shape index (κ3) is 3.10. The molecule has 1 aliphatic heterocycles. The first-order chi connectivity index (χ1) is 5.77. The molecule has 1 rings (SSSR count). The van der Waals surface area contributed by atoms with E-state index in [1.165, 1.54) is 12.8 Å². The molecule has 0 bridgehead atoms. The van der Waals surface area contributed by atoms with E-state index in [1.54, 1.807) is 0 Å². The van der Waals surface area contributed by atoms with Crippen LogP contribution in [0.15, 0.2) is 0 Å². The van der Waals surface area contributed by atoms with Gasteiger partial charge in [0.2, 0.25) is 0 Å². The largest absolute Gasteiger partial charge is 0.317 e. The van der Waals surface area contributed by atoms with Crippen molar-refractivity contribution in [2.24, 2.45) is 5.41 Å². The molecule has 1 saturated heterocycles. The van der Waals surface area contributed by atoms with E-state index in [1.807, 2.05) is 0 Å². The molecule has 72 valence electrons. The van der Waals surface area contributed by atoms with E-state index in [-0.39, 0.29) is 12.1 Å². The van der Waals surface area contributed by atoms with Crippen LogP contribution in [-0.4, -0.2) is 19.8 Å². The van der Waals surface area contributed by atoms with E-state index in [9.17, 15) is 4.39 Å². The van der Waals surface area contributed by atoms with Crippen LogP contribution in [0.4, 0.5) is 4.39 Å². The molecule has 1 aliphatic rings. The zero-order valence-corrected chi connectivity index (χ0v) is 8.03. The van der Waals surface area contributed by atoms with E-state index in [0.717, 1.165) is 32.4 Å². The van der Waals surface area contributed by atoms with E-state index in [4.69, 9.17) is 0 Å². The molecule has 1 atom stereocenters. The van der Waals surface area contributed by atoms with E-state index < -0.39 is 0 Å². The van der Waals surface area contributed by atoms with Crippen LogP contribution >= 0.6 is 0 Å². The number of hydrogen-bond donors (Lipinski definition) is 1. The van der Waals surface area contributed by atoms with E-state index >= 15 is 0 Å². The van der Waals surface area contributed by atoms with Gasteiger partial charge in [0, 0.05) is 0 Å². The Labute approximate surface area is 74.7 Å². The summed E-state index contributed by atoms with van der Waals surface area (Å²) in [7, 11) is 0. The normalized spacial score (nSPS) is 33.5. The number of halogens is 1. The average Bonchev–Trinajstić information content (AvgIpc) is 2.18. The molecule has 1 nitrogen and oxygen atoms in total. The molecule has 1 N–H and O–H groups in total. The van der Waals surface area contributed by atoms with Gasteiger partial charge in [-0.05, 0) is 44.2 Å². The first-order valence-electron chi connectivity index (χ1n) is 5.04. The molecule has 0 aromatic rings. The minimum atomic E-state index is -0.146. The third-order valence-electron chi connectivity index (χ3n) is 2.84. The predicted molar refractivity (Wildman–Crippen MR) is 50.0 cm³/mol. The summed E-state index contributed by atoms with van der Waals surface area (Å²) in [4.78, 5) is 0. The van der Waals surface area contributed by atoms with Gasteiger partial charge in [-0.25, -0.2) is 0 Å². The van der Waals surface area contributed by atoms with Crippen molar-refractivity contribution in [3.05, 3.63) is 0 Å². The number of alkyl halides is 1. The van der Waals surface area contributed by atoms with Gasteiger partial charge < -0.3 is 5.32 Å². The first-order valence-corrected chi connectivity index (χ1v) is 5.04. The predicted octanol–water partition coefficient (Wildman–Crippen LogP) is 2.52. The maximum absolute atomic E-state index is 12.7. The third-order valence-corrected chi connectivity index (χ3v) is 2.84. The lowest BCUT2D eigenvalue weighted by Gasteiger charge is -2.25. The molecule has 12 heavy (non-hydrogen) atoms. The zero-order valence-electron chi connectivity index (χ0n) is 8.03. The van der Waals surface area contributed by atoms with Crippen molar-refractivity contribution in [1.82, 2.24) is 5.32 Å². The maximum Gasteiger partial charge on any atom is 0.0947 e. The van der Waals surface area contributed by atoms with Crippen molar-refractivity contribution in [3.8, 4) is 0 Å². The van der Waals surface area contributed by atoms with Crippen molar-refractivity contribution in [2.45, 2.75) is 39.0 Å². The fraction of sp³-hybridized carbons (Fsp3) is 1.00. The lowest BCUT2D eigenvalue weighted by Crippen LogP contribution is -2.20. The molecule has 1 heterocycles. The molecule has 0 saturated carbocycles. The van der Waals surface area contributed by atoms with Crippen LogP contribution in [0.5, 0.6) is 0 Å². The van der Waals surface area contributed by atoms with Gasteiger partial charge in [-0.1, -0.05) is 13.3 Å². The van der Waals surface area contributed by atoms with Crippen molar-refractivity contribution >= 4 is 0 Å². The van der Waals surface area contributed by atoms with Gasteiger partial charge in [0.25, 0.3) is 0 Å². The summed E-state index contributed by atoms with van der Waals surface area (Å²) < 4.78 is 12.7. The fourth-order valence-electron chi connectivity index (χ4n) is 1.83. The van der Waals surface area contributed by atoms with Crippen LogP contribution in [0.1, 0.15) is 39.0 Å². The summed E-state index contributed by atoms with van der Waals surface area (Å²) in [6.07, 6.45) is 5.60. The lowest BCUT2D eigenvalue weighted by atomic mass is 9.82. The second-order valence-electron chi connectivity index (χ2n) is 4.25. The van der Waals surface area contributed by atoms with Crippen LogP contribution in [0.3, 0.4) is 0 Å². The topological polar surface area (TPSA) is 12.0 Å². The summed E-state index contributed by atoms with van der Waals surface area (Å²) in [5.41, 5.74) is -0.0218. The number of nitrogens with one attached hydrogen (secondary N) is 1. The molecule has 0 spiro atoms. The summed E-state index contributed by atoms with van der Waals surface area (Å²) in [6.45, 7) is 4.11. The Morgan fingerprint density at radius 3 is 2.58 bits per heavy atom. The SMILES string of the molecule is CC1(CF)CCCCNCCC1. The second kappa shape index (κ2) is 4.80. The summed E-state index contributed by atoms with van der Waals surface area (Å²) >= 11 is 0. The van der Waals surface area contributed by atoms with E-state index in [0.29, 0.717) is 0 Å². The minimum absolute atomic E-state index is 0.0218. The second-order valence-corrected chi connectivity index (χ2v) is 4.25. The van der Waals surface area contributed by atoms with Gasteiger partial charge in [-0.2, -0.15) is 0 Å². The highest BCUT2D eigenvalue weighted by atomic mass is 19.1. The Bertz CT molecular complexity index is 115. The molecule has 1 unspecified atom stereocenters. The first kappa shape index (κ1) is 9.97. The molecule has 0 amide bonds. The Balaban J connectivity index is 2.38. The number of rotatable bonds is 1. The Morgan fingerprint density at radius 2 is 1.83 bits per heavy atom. The molecular formula is C10H20FN. The maximum atomic E-state index is 12.7. The van der Waals surface area contributed by atoms with Gasteiger partial charge in [-0.15, -0.1) is 0 Å². The van der Waals surface area contributed by atoms with Crippen molar-refractivity contribution in [3.63, 3.8) is 0 Å². The molecule has 0 aliphatic carbocycles. The highest BCUT2D eigenvalue weighted by Gasteiger charge is 2.23. The lowest BCUT2D eigenvalue weighted by molar-refractivity contribution is 0.192. The monoisotopic (exact) mass is 173 g/mol. The van der Waals surface area contributed by atoms with Crippen LogP contribution < -0.4 is 5.32 Å². The Morgan fingerprint density at radius 1 is 1.17 bits per heavy atom. The Kier molecular flexibility index (Phi) is 3.99. The fourth-order valence-corrected chi connectivity index (χ4v) is 1.83. The van der Waals surface area contributed by atoms with Gasteiger partial charge in [-0.3, -0.25) is 4.39 Å². The summed E-state index contributed by atoms with van der Waals surface area (Å²) in [5.74, 6) is 0. The number of hydrogen-bond acceptors (Lipinski definition) is 1. The van der Waals surface area contributed by atoms with Crippen molar-refractivity contribution in [1.29, 1.82) is 0 Å². The summed E-state index contributed by atoms with van der Waals surface area (Å²) in [5, 5.41) is 3.37. The molecule has 0 aromatic heterocycles. The highest BCUT2D eigenvalue weighted by molar-refractivity contribution is 4.75. The zero-order chi connectivity index (χ0) is 8.86. The minimum Gasteiger partial charge on any atom is -0.317 e. The molecule has 0 radical (unpaired) electrons. The van der Waals surface area contributed by atoms with E-state index in [2.05, 4.69) is 12.2 Å². The van der Waals surface area contributed by atoms with Crippen molar-refractivity contribution in [2.75, 3.05) is 19.8 Å². The van der Waals surface area contributed by atoms with Gasteiger partial charge in [0.1, 0.15) is 0 Å². The smallest absolute Gasteiger partial charge is 0.0947 e. The van der Waals surface area contributed by atoms with Crippen LogP contribution in [0.2, 0.25) is 0 Å². The highest BCUT2D eigenvalue weighted by Crippen LogP contribution is 2.30. The molecule has 2 heteroatoms. The van der Waals surface area contributed by atoms with Crippen LogP contribution in [0, 0.1) is 5.41 Å². The summed E-state index contributed by atoms with van der Waals surface area (Å²) in [6, 6.07) is 0.